The fraction of sp³-hybridized carbons (Fsp3) is 0.235. The van der Waals surface area contributed by atoms with Gasteiger partial charge >= 0.3 is 0 Å². The fourth-order valence-electron chi connectivity index (χ4n) is 2.61. The topological polar surface area (TPSA) is 59.0 Å². The van der Waals surface area contributed by atoms with Gasteiger partial charge in [0.2, 0.25) is 0 Å². The molecule has 2 N–H and O–H groups in total. The van der Waals surface area contributed by atoms with E-state index in [1.54, 1.807) is 6.07 Å². The molecule has 0 heterocycles. The molecule has 1 aliphatic rings. The first-order valence-electron chi connectivity index (χ1n) is 6.76. The normalized spacial score (nSPS) is 16.5. The van der Waals surface area contributed by atoms with E-state index in [0.29, 0.717) is 12.2 Å². The van der Waals surface area contributed by atoms with E-state index in [1.807, 2.05) is 24.3 Å². The molecule has 100 valence electrons. The number of rotatable bonds is 3. The van der Waals surface area contributed by atoms with Crippen molar-refractivity contribution in [1.82, 2.24) is 0 Å². The van der Waals surface area contributed by atoms with Crippen LogP contribution in [0.15, 0.2) is 42.5 Å². The Morgan fingerprint density at radius 1 is 1.25 bits per heavy atom. The van der Waals surface area contributed by atoms with E-state index in [-0.39, 0.29) is 6.04 Å². The van der Waals surface area contributed by atoms with Crippen LogP contribution in [-0.4, -0.2) is 0 Å². The van der Waals surface area contributed by atoms with Crippen LogP contribution >= 0.6 is 0 Å². The molecule has 0 saturated heterocycles. The number of hydrogen-bond donors (Lipinski definition) is 1. The van der Waals surface area contributed by atoms with Crippen molar-refractivity contribution in [2.24, 2.45) is 5.73 Å². The molecule has 2 aromatic rings. The second-order valence-electron chi connectivity index (χ2n) is 5.11. The highest BCUT2D eigenvalue weighted by molar-refractivity contribution is 5.40. The van der Waals surface area contributed by atoms with Crippen LogP contribution in [0.1, 0.15) is 34.7 Å². The fourth-order valence-corrected chi connectivity index (χ4v) is 2.61. The first-order chi connectivity index (χ1) is 9.76. The third-order valence-electron chi connectivity index (χ3n) is 3.70. The summed E-state index contributed by atoms with van der Waals surface area (Å²) in [6, 6.07) is 15.9. The Hall–Kier alpha value is -2.31. The third-order valence-corrected chi connectivity index (χ3v) is 3.70. The highest BCUT2D eigenvalue weighted by atomic mass is 16.5. The van der Waals surface area contributed by atoms with Crippen LogP contribution < -0.4 is 10.5 Å². The Kier molecular flexibility index (Phi) is 3.41. The van der Waals surface area contributed by atoms with Gasteiger partial charge in [0.25, 0.3) is 0 Å². The monoisotopic (exact) mass is 264 g/mol. The van der Waals surface area contributed by atoms with E-state index < -0.39 is 0 Å². The lowest BCUT2D eigenvalue weighted by Crippen LogP contribution is -2.05. The lowest BCUT2D eigenvalue weighted by atomic mass is 10.1. The summed E-state index contributed by atoms with van der Waals surface area (Å²) < 4.78 is 5.80. The van der Waals surface area contributed by atoms with E-state index in [9.17, 15) is 0 Å². The van der Waals surface area contributed by atoms with Gasteiger partial charge < -0.3 is 10.5 Å². The van der Waals surface area contributed by atoms with Crippen molar-refractivity contribution in [3.8, 4) is 11.8 Å². The van der Waals surface area contributed by atoms with Crippen LogP contribution in [0.2, 0.25) is 0 Å². The minimum atomic E-state index is 0.173. The molecule has 3 nitrogen and oxygen atoms in total. The van der Waals surface area contributed by atoms with Crippen molar-refractivity contribution < 1.29 is 4.74 Å². The first kappa shape index (κ1) is 12.7. The molecule has 3 rings (SSSR count). The lowest BCUT2D eigenvalue weighted by molar-refractivity contribution is 0.306. The van der Waals surface area contributed by atoms with Crippen molar-refractivity contribution in [3.63, 3.8) is 0 Å². The second-order valence-corrected chi connectivity index (χ2v) is 5.11. The van der Waals surface area contributed by atoms with E-state index in [1.165, 1.54) is 11.1 Å². The van der Waals surface area contributed by atoms with Gasteiger partial charge in [0.05, 0.1) is 11.6 Å². The van der Waals surface area contributed by atoms with Gasteiger partial charge in [-0.25, -0.2) is 0 Å². The summed E-state index contributed by atoms with van der Waals surface area (Å²) in [5.74, 6) is 0.861. The Morgan fingerprint density at radius 3 is 3.00 bits per heavy atom. The van der Waals surface area contributed by atoms with Crippen molar-refractivity contribution in [2.45, 2.75) is 25.5 Å². The predicted octanol–water partition coefficient (Wildman–Crippen LogP) is 3.08. The predicted molar refractivity (Wildman–Crippen MR) is 77.2 cm³/mol. The molecule has 3 heteroatoms. The van der Waals surface area contributed by atoms with E-state index in [0.717, 1.165) is 24.2 Å². The van der Waals surface area contributed by atoms with Crippen molar-refractivity contribution in [1.29, 1.82) is 5.26 Å². The third kappa shape index (κ3) is 2.52. The summed E-state index contributed by atoms with van der Waals surface area (Å²) in [4.78, 5) is 0. The number of nitriles is 1. The molecule has 0 radical (unpaired) electrons. The van der Waals surface area contributed by atoms with E-state index >= 15 is 0 Å². The largest absolute Gasteiger partial charge is 0.489 e. The van der Waals surface area contributed by atoms with Crippen molar-refractivity contribution in [3.05, 3.63) is 64.7 Å². The maximum atomic E-state index is 8.88. The smallest absolute Gasteiger partial charge is 0.120 e. The molecule has 0 fully saturated rings. The average Bonchev–Trinajstić information content (AvgIpc) is 2.86. The summed E-state index contributed by atoms with van der Waals surface area (Å²) in [5.41, 5.74) is 10.2. The number of hydrogen-bond acceptors (Lipinski definition) is 3. The molecule has 1 atom stereocenters. The SMILES string of the molecule is N#Cc1cccc(COc2ccc3c(c2)CCC3N)c1. The Bertz CT molecular complexity index is 673. The number of nitrogens with two attached hydrogens (primary N) is 1. The van der Waals surface area contributed by atoms with Crippen molar-refractivity contribution in [2.75, 3.05) is 0 Å². The molecular weight excluding hydrogens is 248 g/mol. The van der Waals surface area contributed by atoms with Gasteiger partial charge in [-0.05, 0) is 53.8 Å². The quantitative estimate of drug-likeness (QED) is 0.926. The van der Waals surface area contributed by atoms with Crippen LogP contribution in [0.4, 0.5) is 0 Å². The number of benzene rings is 2. The van der Waals surface area contributed by atoms with Crippen LogP contribution in [0, 0.1) is 11.3 Å². The minimum Gasteiger partial charge on any atom is -0.489 e. The molecule has 0 saturated carbocycles. The van der Waals surface area contributed by atoms with Crippen LogP contribution in [0.5, 0.6) is 5.75 Å². The second kappa shape index (κ2) is 5.36. The number of aryl methyl sites for hydroxylation is 1. The van der Waals surface area contributed by atoms with E-state index in [4.69, 9.17) is 15.7 Å². The maximum Gasteiger partial charge on any atom is 0.120 e. The molecule has 1 unspecified atom stereocenters. The Morgan fingerprint density at radius 2 is 2.15 bits per heavy atom. The summed E-state index contributed by atoms with van der Waals surface area (Å²) in [7, 11) is 0. The molecule has 1 aliphatic carbocycles. The van der Waals surface area contributed by atoms with Gasteiger partial charge in [-0.3, -0.25) is 0 Å². The van der Waals surface area contributed by atoms with Crippen molar-refractivity contribution >= 4 is 0 Å². The molecule has 20 heavy (non-hydrogen) atoms. The Balaban J connectivity index is 1.71. The highest BCUT2D eigenvalue weighted by Crippen LogP contribution is 2.32. The molecule has 0 aliphatic heterocycles. The molecule has 0 aromatic heterocycles. The van der Waals surface area contributed by atoms with Gasteiger partial charge in [0, 0.05) is 6.04 Å². The van der Waals surface area contributed by atoms with Gasteiger partial charge in [-0.15, -0.1) is 0 Å². The van der Waals surface area contributed by atoms with Gasteiger partial charge in [0.15, 0.2) is 0 Å². The van der Waals surface area contributed by atoms with E-state index in [2.05, 4.69) is 18.2 Å². The summed E-state index contributed by atoms with van der Waals surface area (Å²) in [5, 5.41) is 8.88. The standard InChI is InChI=1S/C17H16N2O/c18-10-12-2-1-3-13(8-12)11-20-15-5-6-16-14(9-15)4-7-17(16)19/h1-3,5-6,8-9,17H,4,7,11,19H2. The Labute approximate surface area is 118 Å². The molecule has 0 spiro atoms. The molecule has 0 amide bonds. The summed E-state index contributed by atoms with van der Waals surface area (Å²) in [6.45, 7) is 0.473. The number of nitrogens with zero attached hydrogens (tertiary/aromatic N) is 1. The van der Waals surface area contributed by atoms with Gasteiger partial charge in [-0.2, -0.15) is 5.26 Å². The molecular formula is C17H16N2O. The zero-order valence-corrected chi connectivity index (χ0v) is 11.2. The van der Waals surface area contributed by atoms with Gasteiger partial charge in [0.1, 0.15) is 12.4 Å². The highest BCUT2D eigenvalue weighted by Gasteiger charge is 2.18. The summed E-state index contributed by atoms with van der Waals surface area (Å²) >= 11 is 0. The zero-order chi connectivity index (χ0) is 13.9. The zero-order valence-electron chi connectivity index (χ0n) is 11.2. The van der Waals surface area contributed by atoms with Crippen LogP contribution in [0.25, 0.3) is 0 Å². The first-order valence-corrected chi connectivity index (χ1v) is 6.76. The summed E-state index contributed by atoms with van der Waals surface area (Å²) in [6.07, 6.45) is 2.04. The van der Waals surface area contributed by atoms with Crippen LogP contribution in [-0.2, 0) is 13.0 Å². The average molecular weight is 264 g/mol. The number of fused-ring (bicyclic) bond motifs is 1. The van der Waals surface area contributed by atoms with Crippen LogP contribution in [0.3, 0.4) is 0 Å². The maximum absolute atomic E-state index is 8.88. The molecule has 0 bridgehead atoms. The van der Waals surface area contributed by atoms with Gasteiger partial charge in [-0.1, -0.05) is 18.2 Å². The minimum absolute atomic E-state index is 0.173. The number of ether oxygens (including phenoxy) is 1. The molecule has 2 aromatic carbocycles. The lowest BCUT2D eigenvalue weighted by Gasteiger charge is -2.09.